The van der Waals surface area contributed by atoms with E-state index in [-0.39, 0.29) is 5.92 Å². The summed E-state index contributed by atoms with van der Waals surface area (Å²) in [5, 5.41) is 2.56. The summed E-state index contributed by atoms with van der Waals surface area (Å²) < 4.78 is 9.76. The van der Waals surface area contributed by atoms with Gasteiger partial charge < -0.3 is 14.8 Å². The molecule has 0 fully saturated rings. The fourth-order valence-corrected chi connectivity index (χ4v) is 2.98. The lowest BCUT2D eigenvalue weighted by Gasteiger charge is -2.18. The molecule has 1 amide bonds. The van der Waals surface area contributed by atoms with Crippen molar-refractivity contribution < 1.29 is 23.9 Å². The molecule has 136 valence electrons. The Bertz CT molecular complexity index is 653. The smallest absolute Gasteiger partial charge is 0.338 e. The van der Waals surface area contributed by atoms with Crippen LogP contribution in [-0.4, -0.2) is 37.6 Å². The highest BCUT2D eigenvalue weighted by Gasteiger charge is 2.23. The maximum absolute atomic E-state index is 12.1. The molecule has 1 aromatic rings. The number of hydrogen-bond acceptors (Lipinski definition) is 5. The minimum Gasteiger partial charge on any atom is -0.467 e. The summed E-state index contributed by atoms with van der Waals surface area (Å²) in [5.74, 6) is -1.36. The lowest BCUT2D eigenvalue weighted by atomic mass is 10.0. The van der Waals surface area contributed by atoms with Gasteiger partial charge in [0.2, 0.25) is 0 Å². The fourth-order valence-electron chi connectivity index (χ4n) is 2.98. The molecule has 0 saturated carbocycles. The molecular weight excluding hydrogens is 322 g/mol. The van der Waals surface area contributed by atoms with Gasteiger partial charge in [0.05, 0.1) is 12.7 Å². The molecule has 25 heavy (non-hydrogen) atoms. The first-order valence-corrected chi connectivity index (χ1v) is 8.56. The number of carbonyl (C=O) groups is 3. The van der Waals surface area contributed by atoms with Crippen molar-refractivity contribution in [3.63, 3.8) is 0 Å². The number of aryl methyl sites for hydroxylation is 2. The van der Waals surface area contributed by atoms with Crippen LogP contribution in [-0.2, 0) is 31.9 Å². The van der Waals surface area contributed by atoms with Crippen molar-refractivity contribution in [1.29, 1.82) is 0 Å². The second-order valence-corrected chi connectivity index (χ2v) is 6.69. The minimum atomic E-state index is -0.740. The van der Waals surface area contributed by atoms with Crippen molar-refractivity contribution in [2.45, 2.75) is 45.6 Å². The Morgan fingerprint density at radius 2 is 1.88 bits per heavy atom. The Morgan fingerprint density at radius 3 is 2.56 bits per heavy atom. The molecule has 1 aromatic carbocycles. The number of fused-ring (bicyclic) bond motifs is 1. The van der Waals surface area contributed by atoms with Crippen LogP contribution in [0.1, 0.15) is 48.2 Å². The molecule has 0 aliphatic heterocycles. The molecule has 0 heterocycles. The predicted molar refractivity (Wildman–Crippen MR) is 92.2 cm³/mol. The van der Waals surface area contributed by atoms with Crippen LogP contribution in [0.3, 0.4) is 0 Å². The lowest BCUT2D eigenvalue weighted by molar-refractivity contribution is -0.145. The lowest BCUT2D eigenvalue weighted by Crippen LogP contribution is -2.44. The maximum atomic E-state index is 12.1. The normalized spacial score (nSPS) is 13.9. The Balaban J connectivity index is 1.87. The van der Waals surface area contributed by atoms with Gasteiger partial charge in [-0.1, -0.05) is 19.9 Å². The number of benzene rings is 1. The van der Waals surface area contributed by atoms with E-state index in [2.05, 4.69) is 5.32 Å². The van der Waals surface area contributed by atoms with Gasteiger partial charge in [0.1, 0.15) is 6.04 Å². The quantitative estimate of drug-likeness (QED) is 0.763. The molecule has 0 unspecified atom stereocenters. The molecule has 0 aromatic heterocycles. The average Bonchev–Trinajstić information content (AvgIpc) is 3.05. The van der Waals surface area contributed by atoms with Crippen LogP contribution in [0.5, 0.6) is 0 Å². The second kappa shape index (κ2) is 8.65. The first kappa shape index (κ1) is 19.0. The Hall–Kier alpha value is -2.37. The predicted octanol–water partition coefficient (Wildman–Crippen LogP) is 2.04. The molecule has 1 N–H and O–H groups in total. The van der Waals surface area contributed by atoms with Crippen LogP contribution < -0.4 is 5.32 Å². The second-order valence-electron chi connectivity index (χ2n) is 6.69. The highest BCUT2D eigenvalue weighted by Crippen LogP contribution is 2.23. The summed E-state index contributed by atoms with van der Waals surface area (Å²) >= 11 is 0. The van der Waals surface area contributed by atoms with E-state index in [1.54, 1.807) is 6.07 Å². The van der Waals surface area contributed by atoms with Crippen LogP contribution in [0.4, 0.5) is 0 Å². The zero-order valence-corrected chi connectivity index (χ0v) is 15.0. The van der Waals surface area contributed by atoms with E-state index in [9.17, 15) is 14.4 Å². The van der Waals surface area contributed by atoms with Gasteiger partial charge in [0.15, 0.2) is 6.61 Å². The number of esters is 2. The molecule has 0 radical (unpaired) electrons. The number of carbonyl (C=O) groups excluding carboxylic acids is 3. The highest BCUT2D eigenvalue weighted by atomic mass is 16.5. The molecule has 1 aliphatic carbocycles. The van der Waals surface area contributed by atoms with Gasteiger partial charge in [-0.15, -0.1) is 0 Å². The van der Waals surface area contributed by atoms with Crippen molar-refractivity contribution in [3.05, 3.63) is 34.9 Å². The number of rotatable bonds is 7. The summed E-state index contributed by atoms with van der Waals surface area (Å²) in [5.41, 5.74) is 2.88. The van der Waals surface area contributed by atoms with Crippen molar-refractivity contribution in [1.82, 2.24) is 5.32 Å². The molecule has 6 heteroatoms. The van der Waals surface area contributed by atoms with E-state index in [1.807, 2.05) is 26.0 Å². The molecule has 0 spiro atoms. The third-order valence-electron chi connectivity index (χ3n) is 4.20. The summed E-state index contributed by atoms with van der Waals surface area (Å²) in [6.45, 7) is 3.45. The van der Waals surface area contributed by atoms with Crippen LogP contribution in [0.2, 0.25) is 0 Å². The zero-order chi connectivity index (χ0) is 18.4. The Kier molecular flexibility index (Phi) is 6.56. The third-order valence-corrected chi connectivity index (χ3v) is 4.20. The van der Waals surface area contributed by atoms with Gasteiger partial charge in [-0.2, -0.15) is 0 Å². The largest absolute Gasteiger partial charge is 0.467 e. The number of nitrogens with one attached hydrogen (secondary N) is 1. The van der Waals surface area contributed by atoms with Crippen molar-refractivity contribution in [2.75, 3.05) is 13.7 Å². The molecule has 0 bridgehead atoms. The van der Waals surface area contributed by atoms with E-state index in [1.165, 1.54) is 18.2 Å². The summed E-state index contributed by atoms with van der Waals surface area (Å²) in [7, 11) is 1.27. The van der Waals surface area contributed by atoms with Gasteiger partial charge in [-0.25, -0.2) is 9.59 Å². The fraction of sp³-hybridized carbons (Fsp3) is 0.526. The number of amides is 1. The van der Waals surface area contributed by atoms with E-state index in [4.69, 9.17) is 9.47 Å². The summed E-state index contributed by atoms with van der Waals surface area (Å²) in [6.07, 6.45) is 3.56. The third kappa shape index (κ3) is 5.31. The first-order chi connectivity index (χ1) is 11.9. The number of methoxy groups -OCH3 is 1. The minimum absolute atomic E-state index is 0.207. The monoisotopic (exact) mass is 347 g/mol. The molecule has 6 nitrogen and oxygen atoms in total. The average molecular weight is 347 g/mol. The molecule has 0 saturated heterocycles. The Labute approximate surface area is 147 Å². The number of hydrogen-bond donors (Lipinski definition) is 1. The summed E-state index contributed by atoms with van der Waals surface area (Å²) in [4.78, 5) is 35.8. The highest BCUT2D eigenvalue weighted by molar-refractivity contribution is 5.92. The molecule has 2 rings (SSSR count). The van der Waals surface area contributed by atoms with E-state index in [0.717, 1.165) is 19.3 Å². The van der Waals surface area contributed by atoms with Gasteiger partial charge in [-0.05, 0) is 54.9 Å². The van der Waals surface area contributed by atoms with Gasteiger partial charge >= 0.3 is 11.9 Å². The van der Waals surface area contributed by atoms with E-state index >= 15 is 0 Å². The Morgan fingerprint density at radius 1 is 1.16 bits per heavy atom. The van der Waals surface area contributed by atoms with Crippen LogP contribution in [0.25, 0.3) is 0 Å². The van der Waals surface area contributed by atoms with Crippen LogP contribution in [0, 0.1) is 5.92 Å². The van der Waals surface area contributed by atoms with Gasteiger partial charge in [-0.3, -0.25) is 4.79 Å². The van der Waals surface area contributed by atoms with Crippen molar-refractivity contribution >= 4 is 17.8 Å². The van der Waals surface area contributed by atoms with Crippen LogP contribution >= 0.6 is 0 Å². The van der Waals surface area contributed by atoms with E-state index < -0.39 is 30.5 Å². The molecular formula is C19H25NO5. The van der Waals surface area contributed by atoms with Gasteiger partial charge in [0, 0.05) is 0 Å². The van der Waals surface area contributed by atoms with Crippen LogP contribution in [0.15, 0.2) is 18.2 Å². The first-order valence-electron chi connectivity index (χ1n) is 8.56. The summed E-state index contributed by atoms with van der Waals surface area (Å²) in [6, 6.07) is 4.75. The maximum Gasteiger partial charge on any atom is 0.338 e. The van der Waals surface area contributed by atoms with Crippen molar-refractivity contribution in [3.8, 4) is 0 Å². The molecule has 1 aliphatic rings. The van der Waals surface area contributed by atoms with Gasteiger partial charge in [0.25, 0.3) is 5.91 Å². The zero-order valence-electron chi connectivity index (χ0n) is 15.0. The topological polar surface area (TPSA) is 81.7 Å². The SMILES string of the molecule is COC(=O)[C@@H](CC(C)C)NC(=O)COC(=O)c1ccc2c(c1)CCC2. The van der Waals surface area contributed by atoms with E-state index in [0.29, 0.717) is 12.0 Å². The molecule has 1 atom stereocenters. The standard InChI is InChI=1S/C19H25NO5/c1-12(2)9-16(19(23)24-3)20-17(21)11-25-18(22)15-8-7-13-5-4-6-14(13)10-15/h7-8,10,12,16H,4-6,9,11H2,1-3H3,(H,20,21)/t16-/m1/s1. The number of ether oxygens (including phenoxy) is 2. The van der Waals surface area contributed by atoms with Crippen molar-refractivity contribution in [2.24, 2.45) is 5.92 Å².